The minimum absolute atomic E-state index is 0. The summed E-state index contributed by atoms with van der Waals surface area (Å²) < 4.78 is 15.2. The Morgan fingerprint density at radius 1 is 1.36 bits per heavy atom. The highest BCUT2D eigenvalue weighted by Gasteiger charge is 2.44. The van der Waals surface area contributed by atoms with Crippen LogP contribution in [0.25, 0.3) is 0 Å². The van der Waals surface area contributed by atoms with Crippen molar-refractivity contribution >= 4 is 29.9 Å². The Labute approximate surface area is 164 Å². The molecule has 0 radical (unpaired) electrons. The van der Waals surface area contributed by atoms with Gasteiger partial charge in [0.2, 0.25) is 0 Å². The molecule has 0 bridgehead atoms. The predicted octanol–water partition coefficient (Wildman–Crippen LogP) is 2.36. The quantitative estimate of drug-likeness (QED) is 0.397. The Balaban J connectivity index is 0.00000225. The topological polar surface area (TPSA) is 67.1 Å². The summed E-state index contributed by atoms with van der Waals surface area (Å²) in [5.74, 6) is 1.36. The van der Waals surface area contributed by atoms with Crippen LogP contribution in [0.5, 0.6) is 0 Å². The highest BCUT2D eigenvalue weighted by Crippen LogP contribution is 2.47. The summed E-state index contributed by atoms with van der Waals surface area (Å²) in [6.07, 6.45) is 3.65. The fourth-order valence-corrected chi connectivity index (χ4v) is 2.74. The van der Waals surface area contributed by atoms with E-state index in [1.54, 1.807) is 16.8 Å². The number of benzene rings is 1. The first-order valence-electron chi connectivity index (χ1n) is 8.24. The van der Waals surface area contributed by atoms with E-state index in [1.165, 1.54) is 12.4 Å². The van der Waals surface area contributed by atoms with Crippen molar-refractivity contribution in [1.29, 1.82) is 0 Å². The Bertz CT molecular complexity index is 725. The standard InChI is InChI=1S/C17H23FN6.HI/c1-3-19-16(20-10-15-22-12-23-24(15)2)21-11-17(7-8-17)13-5-4-6-14(18)9-13;/h4-6,9,12H,3,7-8,10-11H2,1-2H3,(H2,19,20,21);1H. The molecule has 0 atom stereocenters. The summed E-state index contributed by atoms with van der Waals surface area (Å²) in [4.78, 5) is 8.73. The monoisotopic (exact) mass is 458 g/mol. The maximum atomic E-state index is 13.5. The van der Waals surface area contributed by atoms with Crippen LogP contribution in [-0.4, -0.2) is 33.8 Å². The largest absolute Gasteiger partial charge is 0.357 e. The Kier molecular flexibility index (Phi) is 6.74. The Morgan fingerprint density at radius 2 is 2.16 bits per heavy atom. The fourth-order valence-electron chi connectivity index (χ4n) is 2.74. The summed E-state index contributed by atoms with van der Waals surface area (Å²) in [5, 5.41) is 10.7. The van der Waals surface area contributed by atoms with Crippen molar-refractivity contribution in [2.45, 2.75) is 31.7 Å². The molecule has 3 rings (SSSR count). The van der Waals surface area contributed by atoms with Gasteiger partial charge in [0.05, 0.1) is 0 Å². The van der Waals surface area contributed by atoms with Crippen molar-refractivity contribution in [2.75, 3.05) is 13.1 Å². The van der Waals surface area contributed by atoms with Gasteiger partial charge in [-0.15, -0.1) is 24.0 Å². The zero-order valence-electron chi connectivity index (χ0n) is 14.5. The average molecular weight is 458 g/mol. The molecule has 25 heavy (non-hydrogen) atoms. The van der Waals surface area contributed by atoms with E-state index in [4.69, 9.17) is 0 Å². The van der Waals surface area contributed by atoms with E-state index >= 15 is 0 Å². The first kappa shape index (κ1) is 19.6. The summed E-state index contributed by atoms with van der Waals surface area (Å²) in [7, 11) is 1.85. The fraction of sp³-hybridized carbons (Fsp3) is 0.471. The third-order valence-corrected chi connectivity index (χ3v) is 4.41. The molecule has 1 heterocycles. The molecule has 1 aromatic heterocycles. The van der Waals surface area contributed by atoms with Gasteiger partial charge in [0, 0.05) is 25.6 Å². The van der Waals surface area contributed by atoms with Crippen LogP contribution in [-0.2, 0) is 19.0 Å². The molecule has 1 aliphatic rings. The summed E-state index contributed by atoms with van der Waals surface area (Å²) in [6, 6.07) is 6.90. The highest BCUT2D eigenvalue weighted by atomic mass is 127. The summed E-state index contributed by atoms with van der Waals surface area (Å²) in [5.41, 5.74) is 1.07. The first-order chi connectivity index (χ1) is 11.6. The summed E-state index contributed by atoms with van der Waals surface area (Å²) >= 11 is 0. The molecule has 1 fully saturated rings. The molecule has 2 N–H and O–H groups in total. The number of aryl methyl sites for hydroxylation is 1. The third kappa shape index (κ3) is 4.90. The molecule has 2 aromatic rings. The number of hydrogen-bond acceptors (Lipinski definition) is 3. The second-order valence-electron chi connectivity index (χ2n) is 6.14. The molecule has 0 aliphatic heterocycles. The molecule has 6 nitrogen and oxygen atoms in total. The molecular formula is C17H24FIN6. The molecule has 1 aliphatic carbocycles. The van der Waals surface area contributed by atoms with Crippen LogP contribution in [0.15, 0.2) is 35.6 Å². The van der Waals surface area contributed by atoms with E-state index < -0.39 is 0 Å². The zero-order valence-corrected chi connectivity index (χ0v) is 16.8. The number of nitrogens with one attached hydrogen (secondary N) is 2. The maximum absolute atomic E-state index is 13.5. The van der Waals surface area contributed by atoms with Crippen LogP contribution in [0.1, 0.15) is 31.2 Å². The molecule has 0 spiro atoms. The molecule has 0 unspecified atom stereocenters. The van der Waals surface area contributed by atoms with Crippen molar-refractivity contribution in [3.8, 4) is 0 Å². The SMILES string of the molecule is CCNC(=NCc1ncnn1C)NCC1(c2cccc(F)c2)CC1.I. The van der Waals surface area contributed by atoms with Gasteiger partial charge in [-0.25, -0.2) is 14.4 Å². The van der Waals surface area contributed by atoms with Crippen molar-refractivity contribution in [1.82, 2.24) is 25.4 Å². The number of hydrogen-bond donors (Lipinski definition) is 2. The van der Waals surface area contributed by atoms with Crippen molar-refractivity contribution in [2.24, 2.45) is 12.0 Å². The van der Waals surface area contributed by atoms with Crippen LogP contribution >= 0.6 is 24.0 Å². The number of rotatable bonds is 6. The van der Waals surface area contributed by atoms with Gasteiger partial charge >= 0.3 is 0 Å². The van der Waals surface area contributed by atoms with Gasteiger partial charge < -0.3 is 10.6 Å². The van der Waals surface area contributed by atoms with Gasteiger partial charge in [0.25, 0.3) is 0 Å². The number of guanidine groups is 1. The van der Waals surface area contributed by atoms with Crippen LogP contribution in [0, 0.1) is 5.82 Å². The first-order valence-corrected chi connectivity index (χ1v) is 8.24. The van der Waals surface area contributed by atoms with E-state index in [0.717, 1.165) is 43.3 Å². The third-order valence-electron chi connectivity index (χ3n) is 4.41. The second kappa shape index (κ2) is 8.59. The van der Waals surface area contributed by atoms with E-state index in [0.29, 0.717) is 6.54 Å². The van der Waals surface area contributed by atoms with Gasteiger partial charge in [-0.3, -0.25) is 4.68 Å². The van der Waals surface area contributed by atoms with E-state index in [2.05, 4.69) is 25.7 Å². The van der Waals surface area contributed by atoms with Gasteiger partial charge in [-0.2, -0.15) is 5.10 Å². The van der Waals surface area contributed by atoms with Crippen LogP contribution in [0.4, 0.5) is 4.39 Å². The number of nitrogens with zero attached hydrogens (tertiary/aromatic N) is 4. The molecule has 8 heteroatoms. The average Bonchev–Trinajstić information content (AvgIpc) is 3.26. The van der Waals surface area contributed by atoms with Crippen LogP contribution in [0.2, 0.25) is 0 Å². The van der Waals surface area contributed by atoms with E-state index in [9.17, 15) is 4.39 Å². The minimum atomic E-state index is -0.179. The van der Waals surface area contributed by atoms with E-state index in [1.807, 2.05) is 20.0 Å². The van der Waals surface area contributed by atoms with Crippen molar-refractivity contribution in [3.05, 3.63) is 47.8 Å². The van der Waals surface area contributed by atoms with Crippen LogP contribution < -0.4 is 10.6 Å². The minimum Gasteiger partial charge on any atom is -0.357 e. The number of aromatic nitrogens is 3. The Morgan fingerprint density at radius 3 is 2.76 bits per heavy atom. The molecule has 1 aromatic carbocycles. The lowest BCUT2D eigenvalue weighted by Gasteiger charge is -2.19. The molecule has 1 saturated carbocycles. The van der Waals surface area contributed by atoms with Gasteiger partial charge in [-0.1, -0.05) is 12.1 Å². The number of aliphatic imine (C=N–C) groups is 1. The lowest BCUT2D eigenvalue weighted by Crippen LogP contribution is -2.41. The van der Waals surface area contributed by atoms with E-state index in [-0.39, 0.29) is 35.2 Å². The second-order valence-corrected chi connectivity index (χ2v) is 6.14. The van der Waals surface area contributed by atoms with Crippen LogP contribution in [0.3, 0.4) is 0 Å². The van der Waals surface area contributed by atoms with Gasteiger partial charge in [-0.05, 0) is 37.5 Å². The molecule has 0 amide bonds. The normalized spacial score (nSPS) is 15.4. The maximum Gasteiger partial charge on any atom is 0.191 e. The summed E-state index contributed by atoms with van der Waals surface area (Å²) in [6.45, 7) is 4.00. The van der Waals surface area contributed by atoms with Gasteiger partial charge in [0.15, 0.2) is 5.96 Å². The van der Waals surface area contributed by atoms with Crippen molar-refractivity contribution in [3.63, 3.8) is 0 Å². The smallest absolute Gasteiger partial charge is 0.191 e. The lowest BCUT2D eigenvalue weighted by molar-refractivity contribution is 0.606. The lowest BCUT2D eigenvalue weighted by atomic mass is 9.96. The van der Waals surface area contributed by atoms with Gasteiger partial charge in [0.1, 0.15) is 24.5 Å². The molecular weight excluding hydrogens is 434 g/mol. The Hall–Kier alpha value is -1.71. The number of halogens is 2. The van der Waals surface area contributed by atoms with Crippen molar-refractivity contribution < 1.29 is 4.39 Å². The molecule has 136 valence electrons. The molecule has 0 saturated heterocycles. The highest BCUT2D eigenvalue weighted by molar-refractivity contribution is 14.0. The zero-order chi connectivity index (χ0) is 17.0. The predicted molar refractivity (Wildman–Crippen MR) is 107 cm³/mol.